The topological polar surface area (TPSA) is 35.0 Å². The van der Waals surface area contributed by atoms with E-state index in [2.05, 4.69) is 25.9 Å². The van der Waals surface area contributed by atoms with Crippen LogP contribution in [0.2, 0.25) is 5.15 Å². The van der Waals surface area contributed by atoms with E-state index in [0.29, 0.717) is 22.1 Å². The predicted molar refractivity (Wildman–Crippen MR) is 71.3 cm³/mol. The van der Waals surface area contributed by atoms with E-state index in [0.717, 1.165) is 11.3 Å². The van der Waals surface area contributed by atoms with Crippen LogP contribution in [0.1, 0.15) is 6.92 Å². The van der Waals surface area contributed by atoms with Gasteiger partial charge in [0.2, 0.25) is 0 Å². The predicted octanol–water partition coefficient (Wildman–Crippen LogP) is 3.96. The van der Waals surface area contributed by atoms with E-state index in [1.165, 1.54) is 0 Å². The number of ether oxygens (including phenoxy) is 1. The molecule has 0 spiro atoms. The number of aromatic nitrogens is 2. The van der Waals surface area contributed by atoms with E-state index in [4.69, 9.17) is 16.3 Å². The van der Waals surface area contributed by atoms with Crippen LogP contribution in [-0.4, -0.2) is 16.6 Å². The SMILES string of the molecule is CCOc1cccc(-c2ncc(Br)c(Cl)n2)c1. The van der Waals surface area contributed by atoms with Crippen LogP contribution in [0.4, 0.5) is 0 Å². The Morgan fingerprint density at radius 2 is 2.24 bits per heavy atom. The molecule has 3 nitrogen and oxygen atoms in total. The second-order valence-corrected chi connectivity index (χ2v) is 4.51. The van der Waals surface area contributed by atoms with Gasteiger partial charge in [0.05, 0.1) is 11.1 Å². The summed E-state index contributed by atoms with van der Waals surface area (Å²) in [5.74, 6) is 1.38. The molecule has 1 heterocycles. The van der Waals surface area contributed by atoms with Crippen LogP contribution in [-0.2, 0) is 0 Å². The Morgan fingerprint density at radius 1 is 1.41 bits per heavy atom. The summed E-state index contributed by atoms with van der Waals surface area (Å²) in [6, 6.07) is 7.61. The number of benzene rings is 1. The zero-order valence-electron chi connectivity index (χ0n) is 9.15. The van der Waals surface area contributed by atoms with Gasteiger partial charge in [-0.1, -0.05) is 23.7 Å². The maximum atomic E-state index is 5.94. The third-order valence-electron chi connectivity index (χ3n) is 2.10. The molecule has 5 heteroatoms. The highest BCUT2D eigenvalue weighted by Crippen LogP contribution is 2.25. The van der Waals surface area contributed by atoms with Crippen molar-refractivity contribution >= 4 is 27.5 Å². The molecule has 0 amide bonds. The van der Waals surface area contributed by atoms with Gasteiger partial charge in [-0.3, -0.25) is 0 Å². The van der Waals surface area contributed by atoms with Gasteiger partial charge in [0, 0.05) is 11.8 Å². The van der Waals surface area contributed by atoms with Gasteiger partial charge in [-0.25, -0.2) is 9.97 Å². The molecule has 2 aromatic rings. The van der Waals surface area contributed by atoms with Crippen molar-refractivity contribution in [2.24, 2.45) is 0 Å². The van der Waals surface area contributed by atoms with Crippen molar-refractivity contribution in [1.82, 2.24) is 9.97 Å². The zero-order chi connectivity index (χ0) is 12.3. The summed E-state index contributed by atoms with van der Waals surface area (Å²) in [4.78, 5) is 8.41. The minimum Gasteiger partial charge on any atom is -0.494 e. The van der Waals surface area contributed by atoms with Gasteiger partial charge in [0.25, 0.3) is 0 Å². The summed E-state index contributed by atoms with van der Waals surface area (Å²) in [5.41, 5.74) is 0.880. The molecule has 0 aliphatic heterocycles. The van der Waals surface area contributed by atoms with E-state index < -0.39 is 0 Å². The molecule has 0 radical (unpaired) electrons. The third kappa shape index (κ3) is 2.96. The molecule has 0 aliphatic rings. The van der Waals surface area contributed by atoms with Crippen molar-refractivity contribution in [2.45, 2.75) is 6.92 Å². The van der Waals surface area contributed by atoms with Gasteiger partial charge in [0.1, 0.15) is 10.9 Å². The first-order valence-electron chi connectivity index (χ1n) is 5.12. The quantitative estimate of drug-likeness (QED) is 0.805. The molecule has 0 fully saturated rings. The lowest BCUT2D eigenvalue weighted by Gasteiger charge is -2.05. The fourth-order valence-electron chi connectivity index (χ4n) is 1.38. The minimum absolute atomic E-state index is 0.400. The van der Waals surface area contributed by atoms with Gasteiger partial charge < -0.3 is 4.74 Å². The van der Waals surface area contributed by atoms with Gasteiger partial charge in [0.15, 0.2) is 5.82 Å². The van der Waals surface area contributed by atoms with Crippen molar-refractivity contribution < 1.29 is 4.74 Å². The van der Waals surface area contributed by atoms with Crippen LogP contribution in [0.3, 0.4) is 0 Å². The summed E-state index contributed by atoms with van der Waals surface area (Å²) < 4.78 is 6.11. The van der Waals surface area contributed by atoms with E-state index in [1.807, 2.05) is 31.2 Å². The molecule has 17 heavy (non-hydrogen) atoms. The highest BCUT2D eigenvalue weighted by atomic mass is 79.9. The Labute approximate surface area is 113 Å². The Kier molecular flexibility index (Phi) is 3.97. The number of halogens is 2. The first-order chi connectivity index (χ1) is 8.20. The molecule has 0 saturated heterocycles. The fourth-order valence-corrected chi connectivity index (χ4v) is 1.70. The highest BCUT2D eigenvalue weighted by Gasteiger charge is 2.06. The number of rotatable bonds is 3. The lowest BCUT2D eigenvalue weighted by atomic mass is 10.2. The molecule has 88 valence electrons. The average Bonchev–Trinajstić information content (AvgIpc) is 2.33. The van der Waals surface area contributed by atoms with Crippen molar-refractivity contribution in [3.63, 3.8) is 0 Å². The molecule has 0 aliphatic carbocycles. The van der Waals surface area contributed by atoms with Gasteiger partial charge in [-0.05, 0) is 35.0 Å². The van der Waals surface area contributed by atoms with Gasteiger partial charge in [-0.2, -0.15) is 0 Å². The molecule has 0 saturated carbocycles. The van der Waals surface area contributed by atoms with Crippen LogP contribution in [0.5, 0.6) is 5.75 Å². The van der Waals surface area contributed by atoms with Gasteiger partial charge in [-0.15, -0.1) is 0 Å². The van der Waals surface area contributed by atoms with E-state index >= 15 is 0 Å². The number of hydrogen-bond donors (Lipinski definition) is 0. The molecule has 0 unspecified atom stereocenters. The van der Waals surface area contributed by atoms with Crippen LogP contribution >= 0.6 is 27.5 Å². The zero-order valence-corrected chi connectivity index (χ0v) is 11.5. The minimum atomic E-state index is 0.400. The molecular weight excluding hydrogens is 304 g/mol. The Morgan fingerprint density at radius 3 is 2.94 bits per heavy atom. The molecule has 1 aromatic heterocycles. The van der Waals surface area contributed by atoms with E-state index in [1.54, 1.807) is 6.20 Å². The summed E-state index contributed by atoms with van der Waals surface area (Å²) in [6.45, 7) is 2.57. The van der Waals surface area contributed by atoms with Gasteiger partial charge >= 0.3 is 0 Å². The van der Waals surface area contributed by atoms with Crippen LogP contribution in [0.15, 0.2) is 34.9 Å². The van der Waals surface area contributed by atoms with Crippen LogP contribution < -0.4 is 4.74 Å². The smallest absolute Gasteiger partial charge is 0.161 e. The Balaban J connectivity index is 2.38. The van der Waals surface area contributed by atoms with Crippen molar-refractivity contribution in [3.05, 3.63) is 40.1 Å². The summed E-state index contributed by atoms with van der Waals surface area (Å²) in [5, 5.41) is 0.400. The average molecular weight is 314 g/mol. The maximum Gasteiger partial charge on any atom is 0.161 e. The molecule has 2 rings (SSSR count). The second-order valence-electron chi connectivity index (χ2n) is 3.29. The van der Waals surface area contributed by atoms with Crippen LogP contribution in [0.25, 0.3) is 11.4 Å². The normalized spacial score (nSPS) is 10.3. The third-order valence-corrected chi connectivity index (χ3v) is 3.20. The Hall–Kier alpha value is -1.13. The molecule has 0 bridgehead atoms. The molecule has 1 aromatic carbocycles. The summed E-state index contributed by atoms with van der Waals surface area (Å²) >= 11 is 9.20. The lowest BCUT2D eigenvalue weighted by molar-refractivity contribution is 0.340. The largest absolute Gasteiger partial charge is 0.494 e. The molecular formula is C12H10BrClN2O. The Bertz CT molecular complexity index is 534. The van der Waals surface area contributed by atoms with E-state index in [9.17, 15) is 0 Å². The van der Waals surface area contributed by atoms with Crippen LogP contribution in [0, 0.1) is 0 Å². The monoisotopic (exact) mass is 312 g/mol. The first-order valence-corrected chi connectivity index (χ1v) is 6.29. The number of nitrogens with zero attached hydrogens (tertiary/aromatic N) is 2. The standard InChI is InChI=1S/C12H10BrClN2O/c1-2-17-9-5-3-4-8(6-9)12-15-7-10(13)11(14)16-12/h3-7H,2H2,1H3. The van der Waals surface area contributed by atoms with Crippen molar-refractivity contribution in [2.75, 3.05) is 6.61 Å². The maximum absolute atomic E-state index is 5.94. The fraction of sp³-hybridized carbons (Fsp3) is 0.167. The van der Waals surface area contributed by atoms with Crippen molar-refractivity contribution in [3.8, 4) is 17.1 Å². The van der Waals surface area contributed by atoms with Crippen molar-refractivity contribution in [1.29, 1.82) is 0 Å². The lowest BCUT2D eigenvalue weighted by Crippen LogP contribution is -1.93. The van der Waals surface area contributed by atoms with E-state index in [-0.39, 0.29) is 0 Å². The summed E-state index contributed by atoms with van der Waals surface area (Å²) in [6.07, 6.45) is 1.64. The number of hydrogen-bond acceptors (Lipinski definition) is 3. The molecule has 0 N–H and O–H groups in total. The highest BCUT2D eigenvalue weighted by molar-refractivity contribution is 9.10. The first kappa shape index (κ1) is 12.3. The second kappa shape index (κ2) is 5.47. The molecule has 0 atom stereocenters. The summed E-state index contributed by atoms with van der Waals surface area (Å²) in [7, 11) is 0.